The zero-order chi connectivity index (χ0) is 21.8. The lowest BCUT2D eigenvalue weighted by Crippen LogP contribution is -2.50. The van der Waals surface area contributed by atoms with E-state index in [0.717, 1.165) is 28.3 Å². The highest BCUT2D eigenvalue weighted by atomic mass is 32.2. The number of amides is 1. The summed E-state index contributed by atoms with van der Waals surface area (Å²) in [6, 6.07) is 16.3. The number of fused-ring (bicyclic) bond motifs is 2. The van der Waals surface area contributed by atoms with Crippen molar-refractivity contribution in [2.75, 3.05) is 5.75 Å². The molecule has 6 heteroatoms. The molecule has 0 spiro atoms. The standard InChI is InChI=1S/C25H30N4OS/c1-4-5-6-9-16-31-25-27-24(30)22-20-10-7-8-11-21(20)26-23(29(22)28-25)19-14-12-18(13-15-19)17(2)3/h7-8,10-15,17,23H,4-6,9,16H2,1-3H3,(H,27,28,30). The highest BCUT2D eigenvalue weighted by Crippen LogP contribution is 2.31. The van der Waals surface area contributed by atoms with E-state index < -0.39 is 0 Å². The van der Waals surface area contributed by atoms with Crippen molar-refractivity contribution >= 4 is 28.5 Å². The van der Waals surface area contributed by atoms with Gasteiger partial charge in [0.25, 0.3) is 5.91 Å². The second kappa shape index (κ2) is 9.69. The summed E-state index contributed by atoms with van der Waals surface area (Å²) in [5.41, 5.74) is 2.88. The van der Waals surface area contributed by atoms with Gasteiger partial charge >= 0.3 is 0 Å². The molecule has 162 valence electrons. The van der Waals surface area contributed by atoms with Gasteiger partial charge in [-0.05, 0) is 29.5 Å². The summed E-state index contributed by atoms with van der Waals surface area (Å²) in [7, 11) is 0. The lowest BCUT2D eigenvalue weighted by Gasteiger charge is -2.34. The van der Waals surface area contributed by atoms with Crippen molar-refractivity contribution in [3.05, 3.63) is 70.2 Å². The average molecular weight is 435 g/mol. The molecule has 1 N–H and O–H groups in total. The number of carbonyl (C=O) groups is 1. The minimum absolute atomic E-state index is 0.114. The van der Waals surface area contributed by atoms with E-state index in [4.69, 9.17) is 10.1 Å². The number of thioether (sulfide) groups is 1. The molecule has 0 saturated carbocycles. The molecule has 4 rings (SSSR count). The molecule has 1 amide bonds. The molecule has 0 saturated heterocycles. The minimum atomic E-state index is -0.354. The largest absolute Gasteiger partial charge is 0.298 e. The van der Waals surface area contributed by atoms with Crippen molar-refractivity contribution in [3.8, 4) is 0 Å². The van der Waals surface area contributed by atoms with Gasteiger partial charge < -0.3 is 0 Å². The van der Waals surface area contributed by atoms with Crippen LogP contribution >= 0.6 is 11.8 Å². The Balaban J connectivity index is 1.69. The first-order valence-corrected chi connectivity index (χ1v) is 12.2. The maximum Gasteiger partial charge on any atom is 0.276 e. The molecule has 2 aromatic carbocycles. The third-order valence-electron chi connectivity index (χ3n) is 5.65. The SMILES string of the molecule is CCCCCCSC1=NN2C(=c3ccccc3=NC2c2ccc(C(C)C)cc2)C(=O)N1. The predicted octanol–water partition coefficient (Wildman–Crippen LogP) is 4.27. The van der Waals surface area contributed by atoms with Gasteiger partial charge in [-0.3, -0.25) is 15.1 Å². The summed E-state index contributed by atoms with van der Waals surface area (Å²) in [4.78, 5) is 18.1. The quantitative estimate of drug-likeness (QED) is 0.662. The fraction of sp³-hybridized carbons (Fsp3) is 0.400. The third kappa shape index (κ3) is 4.69. The van der Waals surface area contributed by atoms with E-state index in [1.54, 1.807) is 16.8 Å². The van der Waals surface area contributed by atoms with Crippen molar-refractivity contribution < 1.29 is 4.79 Å². The molecule has 0 fully saturated rings. The van der Waals surface area contributed by atoms with Crippen LogP contribution in [0.3, 0.4) is 0 Å². The van der Waals surface area contributed by atoms with Crippen LogP contribution < -0.4 is 15.9 Å². The monoisotopic (exact) mass is 434 g/mol. The maximum atomic E-state index is 13.1. The number of hydrogen-bond donors (Lipinski definition) is 1. The van der Waals surface area contributed by atoms with Crippen LogP contribution in [0.4, 0.5) is 0 Å². The van der Waals surface area contributed by atoms with Gasteiger partial charge in [0, 0.05) is 11.0 Å². The zero-order valence-electron chi connectivity index (χ0n) is 18.5. The predicted molar refractivity (Wildman–Crippen MR) is 128 cm³/mol. The van der Waals surface area contributed by atoms with Gasteiger partial charge in [-0.15, -0.1) is 5.10 Å². The Labute approximate surface area is 188 Å². The van der Waals surface area contributed by atoms with Crippen molar-refractivity contribution in [2.24, 2.45) is 10.1 Å². The van der Waals surface area contributed by atoms with E-state index >= 15 is 0 Å². The molecular weight excluding hydrogens is 404 g/mol. The van der Waals surface area contributed by atoms with E-state index in [0.29, 0.717) is 16.8 Å². The van der Waals surface area contributed by atoms with Crippen molar-refractivity contribution in [3.63, 3.8) is 0 Å². The minimum Gasteiger partial charge on any atom is -0.298 e. The van der Waals surface area contributed by atoms with Gasteiger partial charge in [0.05, 0.1) is 5.36 Å². The van der Waals surface area contributed by atoms with E-state index in [-0.39, 0.29) is 12.1 Å². The number of carbonyl (C=O) groups excluding carboxylic acids is 1. The second-order valence-corrected chi connectivity index (χ2v) is 9.39. The summed E-state index contributed by atoms with van der Waals surface area (Å²) in [6.07, 6.45) is 4.43. The Hall–Kier alpha value is -2.60. The van der Waals surface area contributed by atoms with Crippen molar-refractivity contribution in [2.45, 2.75) is 58.5 Å². The molecule has 31 heavy (non-hydrogen) atoms. The average Bonchev–Trinajstić information content (AvgIpc) is 2.78. The summed E-state index contributed by atoms with van der Waals surface area (Å²) in [5.74, 6) is 1.30. The van der Waals surface area contributed by atoms with Gasteiger partial charge in [0.15, 0.2) is 11.3 Å². The fourth-order valence-electron chi connectivity index (χ4n) is 3.86. The summed E-state index contributed by atoms with van der Waals surface area (Å²) in [5, 5.41) is 11.9. The first kappa shape index (κ1) is 21.6. The van der Waals surface area contributed by atoms with Crippen molar-refractivity contribution in [1.29, 1.82) is 0 Å². The topological polar surface area (TPSA) is 57.1 Å². The molecule has 2 aromatic rings. The Morgan fingerprint density at radius 3 is 2.58 bits per heavy atom. The summed E-state index contributed by atoms with van der Waals surface area (Å²) >= 11 is 1.61. The van der Waals surface area contributed by atoms with Gasteiger partial charge in [0.1, 0.15) is 5.70 Å². The van der Waals surface area contributed by atoms with Gasteiger partial charge in [-0.2, -0.15) is 0 Å². The Kier molecular flexibility index (Phi) is 6.76. The Morgan fingerprint density at radius 2 is 1.84 bits per heavy atom. The van der Waals surface area contributed by atoms with Gasteiger partial charge in [0.2, 0.25) is 0 Å². The van der Waals surface area contributed by atoms with E-state index in [1.807, 2.05) is 24.3 Å². The van der Waals surface area contributed by atoms with Crippen LogP contribution in [0.5, 0.6) is 0 Å². The van der Waals surface area contributed by atoms with Crippen LogP contribution in [0, 0.1) is 0 Å². The van der Waals surface area contributed by atoms with Crippen LogP contribution in [0.1, 0.15) is 69.7 Å². The van der Waals surface area contributed by atoms with Crippen LogP contribution in [-0.2, 0) is 4.79 Å². The number of nitrogens with one attached hydrogen (secondary N) is 1. The van der Waals surface area contributed by atoms with Gasteiger partial charge in [-0.1, -0.05) is 94.3 Å². The summed E-state index contributed by atoms with van der Waals surface area (Å²) < 4.78 is 0. The smallest absolute Gasteiger partial charge is 0.276 e. The van der Waals surface area contributed by atoms with E-state index in [9.17, 15) is 4.79 Å². The maximum absolute atomic E-state index is 13.1. The highest BCUT2D eigenvalue weighted by molar-refractivity contribution is 8.13. The Bertz CT molecular complexity index is 1090. The molecule has 1 unspecified atom stereocenters. The highest BCUT2D eigenvalue weighted by Gasteiger charge is 2.34. The van der Waals surface area contributed by atoms with Crippen LogP contribution in [0.2, 0.25) is 0 Å². The Morgan fingerprint density at radius 1 is 1.06 bits per heavy atom. The molecule has 0 bridgehead atoms. The molecule has 2 heterocycles. The van der Waals surface area contributed by atoms with E-state index in [1.165, 1.54) is 24.8 Å². The lowest BCUT2D eigenvalue weighted by molar-refractivity contribution is -0.116. The first-order valence-electron chi connectivity index (χ1n) is 11.2. The molecule has 0 aliphatic carbocycles. The van der Waals surface area contributed by atoms with Crippen LogP contribution in [-0.4, -0.2) is 21.8 Å². The normalized spacial score (nSPS) is 17.6. The molecule has 0 radical (unpaired) electrons. The van der Waals surface area contributed by atoms with Crippen LogP contribution in [0.15, 0.2) is 58.6 Å². The number of hydrazone groups is 1. The number of rotatable bonds is 7. The second-order valence-electron chi connectivity index (χ2n) is 8.30. The number of benzene rings is 2. The number of para-hydroxylation sites is 1. The number of amidine groups is 1. The fourth-order valence-corrected chi connectivity index (χ4v) is 4.71. The van der Waals surface area contributed by atoms with E-state index in [2.05, 4.69) is 50.4 Å². The number of nitrogens with zero attached hydrogens (tertiary/aromatic N) is 3. The number of hydrogen-bond acceptors (Lipinski definition) is 5. The molecular formula is C25H30N4OS. The van der Waals surface area contributed by atoms with Crippen LogP contribution in [0.25, 0.3) is 5.70 Å². The van der Waals surface area contributed by atoms with Gasteiger partial charge in [-0.25, -0.2) is 5.01 Å². The molecule has 0 aromatic heterocycles. The molecule has 2 aliphatic rings. The third-order valence-corrected chi connectivity index (χ3v) is 6.60. The molecule has 1 atom stereocenters. The summed E-state index contributed by atoms with van der Waals surface area (Å²) in [6.45, 7) is 6.58. The zero-order valence-corrected chi connectivity index (χ0v) is 19.3. The van der Waals surface area contributed by atoms with Crippen molar-refractivity contribution in [1.82, 2.24) is 10.3 Å². The lowest BCUT2D eigenvalue weighted by atomic mass is 10.0. The molecule has 5 nitrogen and oxygen atoms in total. The number of unbranched alkanes of at least 4 members (excludes halogenated alkanes) is 3. The molecule has 2 aliphatic heterocycles. The first-order chi connectivity index (χ1) is 15.1.